The molecule has 2 aliphatic heterocycles. The SMILES string of the molecule is CN1CCN(c2nc3c(c(Oc4ccc(F)c(F)c4)n2)CN(C(=O)Cc2ccccc2)CC3)CC1. The lowest BCUT2D eigenvalue weighted by Crippen LogP contribution is -2.45. The third-order valence-electron chi connectivity index (χ3n) is 6.45. The Kier molecular flexibility index (Phi) is 6.59. The molecule has 5 rings (SSSR count). The van der Waals surface area contributed by atoms with Crippen LogP contribution < -0.4 is 9.64 Å². The van der Waals surface area contributed by atoms with Crippen LogP contribution in [0, 0.1) is 11.6 Å². The molecular formula is C26H27F2N5O2. The van der Waals surface area contributed by atoms with Gasteiger partial charge in [-0.1, -0.05) is 30.3 Å². The highest BCUT2D eigenvalue weighted by Gasteiger charge is 2.28. The molecule has 0 atom stereocenters. The minimum absolute atomic E-state index is 0.00349. The van der Waals surface area contributed by atoms with Gasteiger partial charge in [-0.15, -0.1) is 0 Å². The second kappa shape index (κ2) is 9.95. The fourth-order valence-electron chi connectivity index (χ4n) is 4.35. The molecule has 0 unspecified atom stereocenters. The van der Waals surface area contributed by atoms with E-state index in [1.165, 1.54) is 6.07 Å². The van der Waals surface area contributed by atoms with Gasteiger partial charge in [0.2, 0.25) is 17.7 Å². The number of hydrogen-bond acceptors (Lipinski definition) is 6. The van der Waals surface area contributed by atoms with Crippen molar-refractivity contribution in [1.82, 2.24) is 19.8 Å². The number of piperazine rings is 1. The smallest absolute Gasteiger partial charge is 0.229 e. The molecule has 7 nitrogen and oxygen atoms in total. The molecule has 1 saturated heterocycles. The molecule has 2 aromatic carbocycles. The lowest BCUT2D eigenvalue weighted by atomic mass is 10.0. The van der Waals surface area contributed by atoms with Crippen molar-refractivity contribution in [3.63, 3.8) is 0 Å². The van der Waals surface area contributed by atoms with E-state index < -0.39 is 11.6 Å². The van der Waals surface area contributed by atoms with Gasteiger partial charge in [0.25, 0.3) is 0 Å². The molecule has 0 spiro atoms. The molecule has 1 aromatic heterocycles. The van der Waals surface area contributed by atoms with Crippen molar-refractivity contribution >= 4 is 11.9 Å². The molecule has 9 heteroatoms. The molecule has 1 amide bonds. The average Bonchev–Trinajstić information content (AvgIpc) is 2.87. The van der Waals surface area contributed by atoms with Gasteiger partial charge in [-0.3, -0.25) is 4.79 Å². The van der Waals surface area contributed by atoms with Crippen LogP contribution in [0.25, 0.3) is 0 Å². The van der Waals surface area contributed by atoms with E-state index in [2.05, 4.69) is 21.8 Å². The van der Waals surface area contributed by atoms with Crippen LogP contribution in [0.3, 0.4) is 0 Å². The predicted molar refractivity (Wildman–Crippen MR) is 127 cm³/mol. The van der Waals surface area contributed by atoms with Crippen LogP contribution in [0.2, 0.25) is 0 Å². The lowest BCUT2D eigenvalue weighted by Gasteiger charge is -2.34. The van der Waals surface area contributed by atoms with Crippen LogP contribution in [0.1, 0.15) is 16.8 Å². The van der Waals surface area contributed by atoms with E-state index in [-0.39, 0.29) is 17.5 Å². The van der Waals surface area contributed by atoms with Crippen LogP contribution in [-0.4, -0.2) is 65.4 Å². The molecular weight excluding hydrogens is 452 g/mol. The Morgan fingerprint density at radius 1 is 0.971 bits per heavy atom. The third kappa shape index (κ3) is 5.24. The Hall–Kier alpha value is -3.59. The topological polar surface area (TPSA) is 61.8 Å². The number of ether oxygens (including phenoxy) is 1. The summed E-state index contributed by atoms with van der Waals surface area (Å²) in [5.74, 6) is -0.974. The summed E-state index contributed by atoms with van der Waals surface area (Å²) < 4.78 is 33.3. The molecule has 3 heterocycles. The normalized spacial score (nSPS) is 16.2. The summed E-state index contributed by atoms with van der Waals surface area (Å²) in [5, 5.41) is 0. The van der Waals surface area contributed by atoms with Gasteiger partial charge in [0.05, 0.1) is 24.2 Å². The highest BCUT2D eigenvalue weighted by atomic mass is 19.2. The van der Waals surface area contributed by atoms with Crippen molar-refractivity contribution in [2.75, 3.05) is 44.7 Å². The van der Waals surface area contributed by atoms with E-state index in [0.717, 1.165) is 49.6 Å². The van der Waals surface area contributed by atoms with Gasteiger partial charge in [0.1, 0.15) is 5.75 Å². The Balaban J connectivity index is 1.44. The summed E-state index contributed by atoms with van der Waals surface area (Å²) in [6, 6.07) is 13.0. The molecule has 0 aliphatic carbocycles. The van der Waals surface area contributed by atoms with Gasteiger partial charge >= 0.3 is 0 Å². The number of nitrogens with zero attached hydrogens (tertiary/aromatic N) is 5. The number of rotatable bonds is 5. The van der Waals surface area contributed by atoms with Crippen LogP contribution in [0.5, 0.6) is 11.6 Å². The summed E-state index contributed by atoms with van der Waals surface area (Å²) in [6.07, 6.45) is 0.864. The summed E-state index contributed by atoms with van der Waals surface area (Å²) in [5.41, 5.74) is 2.46. The van der Waals surface area contributed by atoms with E-state index >= 15 is 0 Å². The summed E-state index contributed by atoms with van der Waals surface area (Å²) in [7, 11) is 2.07. The minimum atomic E-state index is -0.996. The number of aromatic nitrogens is 2. The van der Waals surface area contributed by atoms with Gasteiger partial charge in [-0.25, -0.2) is 13.8 Å². The van der Waals surface area contributed by atoms with Crippen LogP contribution in [-0.2, 0) is 24.2 Å². The number of fused-ring (bicyclic) bond motifs is 1. The highest BCUT2D eigenvalue weighted by Crippen LogP contribution is 2.32. The minimum Gasteiger partial charge on any atom is -0.438 e. The summed E-state index contributed by atoms with van der Waals surface area (Å²) >= 11 is 0. The number of likely N-dealkylation sites (N-methyl/N-ethyl adjacent to an activating group) is 1. The molecule has 182 valence electrons. The number of halogens is 2. The zero-order valence-electron chi connectivity index (χ0n) is 19.6. The van der Waals surface area contributed by atoms with Gasteiger partial charge in [-0.2, -0.15) is 4.98 Å². The monoisotopic (exact) mass is 479 g/mol. The predicted octanol–water partition coefficient (Wildman–Crippen LogP) is 3.43. The Morgan fingerprint density at radius 3 is 2.49 bits per heavy atom. The lowest BCUT2D eigenvalue weighted by molar-refractivity contribution is -0.131. The zero-order chi connectivity index (χ0) is 24.4. The first kappa shape index (κ1) is 23.2. The number of amides is 1. The van der Waals surface area contributed by atoms with Gasteiger partial charge in [0.15, 0.2) is 11.6 Å². The Morgan fingerprint density at radius 2 is 1.74 bits per heavy atom. The Bertz CT molecular complexity index is 1220. The second-order valence-corrected chi connectivity index (χ2v) is 8.95. The summed E-state index contributed by atoms with van der Waals surface area (Å²) in [6.45, 7) is 4.18. The van der Waals surface area contributed by atoms with Gasteiger partial charge < -0.3 is 19.4 Å². The number of carbonyl (C=O) groups is 1. The van der Waals surface area contributed by atoms with E-state index in [4.69, 9.17) is 9.72 Å². The van der Waals surface area contributed by atoms with E-state index in [1.807, 2.05) is 30.3 Å². The standard InChI is InChI=1S/C26H27F2N5O2/c1-31-11-13-32(14-12-31)26-29-23-9-10-33(24(34)15-18-5-3-2-4-6-18)17-20(23)25(30-26)35-19-7-8-21(27)22(28)16-19/h2-8,16H,9-15,17H2,1H3. The molecule has 1 fully saturated rings. The van der Waals surface area contributed by atoms with Crippen molar-refractivity contribution in [3.8, 4) is 11.6 Å². The number of carbonyl (C=O) groups excluding carboxylic acids is 1. The van der Waals surface area contributed by atoms with Crippen molar-refractivity contribution in [3.05, 3.63) is 77.0 Å². The first-order valence-electron chi connectivity index (χ1n) is 11.7. The number of hydrogen-bond donors (Lipinski definition) is 0. The van der Waals surface area contributed by atoms with Crippen LogP contribution >= 0.6 is 0 Å². The first-order chi connectivity index (χ1) is 17.0. The van der Waals surface area contributed by atoms with E-state index in [0.29, 0.717) is 37.4 Å². The molecule has 3 aromatic rings. The maximum atomic E-state index is 13.8. The van der Waals surface area contributed by atoms with E-state index in [9.17, 15) is 13.6 Å². The quantitative estimate of drug-likeness (QED) is 0.559. The second-order valence-electron chi connectivity index (χ2n) is 8.95. The van der Waals surface area contributed by atoms with E-state index in [1.54, 1.807) is 4.90 Å². The van der Waals surface area contributed by atoms with Gasteiger partial charge in [0, 0.05) is 45.2 Å². The Labute approximate surface area is 203 Å². The zero-order valence-corrected chi connectivity index (χ0v) is 19.6. The van der Waals surface area contributed by atoms with Crippen molar-refractivity contribution in [1.29, 1.82) is 0 Å². The van der Waals surface area contributed by atoms with Crippen LogP contribution in [0.4, 0.5) is 14.7 Å². The average molecular weight is 480 g/mol. The largest absolute Gasteiger partial charge is 0.438 e. The fourth-order valence-corrected chi connectivity index (χ4v) is 4.35. The first-order valence-corrected chi connectivity index (χ1v) is 11.7. The molecule has 0 saturated carbocycles. The van der Waals surface area contributed by atoms with Crippen LogP contribution in [0.15, 0.2) is 48.5 Å². The molecule has 35 heavy (non-hydrogen) atoms. The third-order valence-corrected chi connectivity index (χ3v) is 6.45. The number of anilines is 1. The maximum Gasteiger partial charge on any atom is 0.229 e. The van der Waals surface area contributed by atoms with Crippen molar-refractivity contribution in [2.45, 2.75) is 19.4 Å². The highest BCUT2D eigenvalue weighted by molar-refractivity contribution is 5.79. The number of benzene rings is 2. The van der Waals surface area contributed by atoms with Crippen molar-refractivity contribution < 1.29 is 18.3 Å². The maximum absolute atomic E-state index is 13.8. The fraction of sp³-hybridized carbons (Fsp3) is 0.346. The molecule has 0 bridgehead atoms. The summed E-state index contributed by atoms with van der Waals surface area (Å²) in [4.78, 5) is 28.6. The molecule has 0 N–H and O–H groups in total. The van der Waals surface area contributed by atoms with Crippen molar-refractivity contribution in [2.24, 2.45) is 0 Å². The van der Waals surface area contributed by atoms with Gasteiger partial charge in [-0.05, 0) is 24.7 Å². The molecule has 0 radical (unpaired) electrons. The molecule has 2 aliphatic rings.